The van der Waals surface area contributed by atoms with Gasteiger partial charge < -0.3 is 5.32 Å². The zero-order chi connectivity index (χ0) is 19.4. The second-order valence-corrected chi connectivity index (χ2v) is 7.61. The van der Waals surface area contributed by atoms with Crippen LogP contribution in [0.25, 0.3) is 11.1 Å². The molecule has 3 aromatic rings. The van der Waals surface area contributed by atoms with Gasteiger partial charge in [0, 0.05) is 11.3 Å². The van der Waals surface area contributed by atoms with Crippen LogP contribution in [0.3, 0.4) is 0 Å². The van der Waals surface area contributed by atoms with E-state index in [-0.39, 0.29) is 5.91 Å². The van der Waals surface area contributed by atoms with Crippen molar-refractivity contribution in [2.45, 2.75) is 10.7 Å². The minimum atomic E-state index is -4.66. The summed E-state index contributed by atoms with van der Waals surface area (Å²) in [5, 5.41) is 2.66. The maximum absolute atomic E-state index is 12.6. The zero-order valence-corrected chi connectivity index (χ0v) is 14.8. The molecule has 27 heavy (non-hydrogen) atoms. The molecule has 3 rings (SSSR count). The standard InChI is InChI=1S/C20H15F2NO3S/c21-20(22)27(25,26)16-12-10-15(11-13-16)23-19(24)18-9-5-4-8-17(18)14-6-2-1-3-7-14/h1-13,20H,(H,23,24). The fraction of sp³-hybridized carbons (Fsp3) is 0.0500. The molecule has 0 bridgehead atoms. The molecule has 7 heteroatoms. The number of carbonyl (C=O) groups excluding carboxylic acids is 1. The van der Waals surface area contributed by atoms with Crippen LogP contribution in [0, 0.1) is 0 Å². The molecular formula is C20H15F2NO3S. The minimum absolute atomic E-state index is 0.302. The lowest BCUT2D eigenvalue weighted by Gasteiger charge is -2.11. The summed E-state index contributed by atoms with van der Waals surface area (Å²) in [6.07, 6.45) is 0. The Morgan fingerprint density at radius 3 is 2.04 bits per heavy atom. The summed E-state index contributed by atoms with van der Waals surface area (Å²) in [6.45, 7) is 0. The van der Waals surface area contributed by atoms with E-state index in [4.69, 9.17) is 0 Å². The molecule has 0 spiro atoms. The van der Waals surface area contributed by atoms with E-state index in [1.807, 2.05) is 42.5 Å². The van der Waals surface area contributed by atoms with E-state index in [1.54, 1.807) is 12.1 Å². The van der Waals surface area contributed by atoms with E-state index in [0.717, 1.165) is 23.3 Å². The van der Waals surface area contributed by atoms with Crippen molar-refractivity contribution in [3.63, 3.8) is 0 Å². The molecule has 0 aliphatic heterocycles. The van der Waals surface area contributed by atoms with Crippen LogP contribution in [0.4, 0.5) is 14.5 Å². The van der Waals surface area contributed by atoms with Crippen LogP contribution >= 0.6 is 0 Å². The normalized spacial score (nSPS) is 11.4. The van der Waals surface area contributed by atoms with Gasteiger partial charge in [-0.2, -0.15) is 8.78 Å². The van der Waals surface area contributed by atoms with Crippen LogP contribution in [0.5, 0.6) is 0 Å². The molecule has 0 atom stereocenters. The topological polar surface area (TPSA) is 63.2 Å². The first kappa shape index (κ1) is 18.7. The van der Waals surface area contributed by atoms with Gasteiger partial charge in [0.1, 0.15) is 0 Å². The van der Waals surface area contributed by atoms with Gasteiger partial charge in [0.15, 0.2) is 0 Å². The number of rotatable bonds is 5. The third kappa shape index (κ3) is 4.03. The first-order chi connectivity index (χ1) is 12.9. The Bertz CT molecular complexity index is 1050. The Kier molecular flexibility index (Phi) is 5.32. The van der Waals surface area contributed by atoms with E-state index < -0.39 is 20.5 Å². The van der Waals surface area contributed by atoms with Gasteiger partial charge in [0.2, 0.25) is 9.84 Å². The van der Waals surface area contributed by atoms with Crippen LogP contribution in [0.2, 0.25) is 0 Å². The lowest BCUT2D eigenvalue weighted by molar-refractivity contribution is 0.102. The summed E-state index contributed by atoms with van der Waals surface area (Å²) in [5.41, 5.74) is 2.36. The molecule has 0 unspecified atom stereocenters. The van der Waals surface area contributed by atoms with Crippen molar-refractivity contribution in [1.82, 2.24) is 0 Å². The Morgan fingerprint density at radius 2 is 1.41 bits per heavy atom. The molecule has 0 aliphatic rings. The minimum Gasteiger partial charge on any atom is -0.322 e. The summed E-state index contributed by atoms with van der Waals surface area (Å²) in [5.74, 6) is -3.88. The molecule has 0 saturated carbocycles. The van der Waals surface area contributed by atoms with Crippen molar-refractivity contribution in [2.24, 2.45) is 0 Å². The Labute approximate surface area is 155 Å². The zero-order valence-electron chi connectivity index (χ0n) is 14.0. The van der Waals surface area contributed by atoms with Crippen LogP contribution in [0.15, 0.2) is 83.8 Å². The molecule has 0 saturated heterocycles. The van der Waals surface area contributed by atoms with Crippen molar-refractivity contribution < 1.29 is 22.0 Å². The largest absolute Gasteiger partial charge is 0.341 e. The molecule has 4 nitrogen and oxygen atoms in total. The number of alkyl halides is 2. The SMILES string of the molecule is O=C(Nc1ccc(S(=O)(=O)C(F)F)cc1)c1ccccc1-c1ccccc1. The van der Waals surface area contributed by atoms with Gasteiger partial charge in [-0.1, -0.05) is 48.5 Å². The van der Waals surface area contributed by atoms with Gasteiger partial charge in [-0.05, 0) is 41.5 Å². The van der Waals surface area contributed by atoms with Crippen LogP contribution in [-0.4, -0.2) is 20.1 Å². The predicted octanol–water partition coefficient (Wildman–Crippen LogP) is 4.60. The Hall–Kier alpha value is -3.06. The fourth-order valence-corrected chi connectivity index (χ4v) is 3.30. The predicted molar refractivity (Wildman–Crippen MR) is 99.5 cm³/mol. The highest BCUT2D eigenvalue weighted by Crippen LogP contribution is 2.25. The Balaban J connectivity index is 1.85. The average molecular weight is 387 g/mol. The van der Waals surface area contributed by atoms with E-state index in [2.05, 4.69) is 5.32 Å². The average Bonchev–Trinajstić information content (AvgIpc) is 2.69. The van der Waals surface area contributed by atoms with Gasteiger partial charge in [0.25, 0.3) is 5.91 Å². The summed E-state index contributed by atoms with van der Waals surface area (Å²) < 4.78 is 48.1. The van der Waals surface area contributed by atoms with Crippen molar-refractivity contribution >= 4 is 21.4 Å². The first-order valence-electron chi connectivity index (χ1n) is 7.97. The smallest absolute Gasteiger partial charge is 0.322 e. The molecule has 0 fully saturated rings. The lowest BCUT2D eigenvalue weighted by Crippen LogP contribution is -2.14. The van der Waals surface area contributed by atoms with E-state index in [1.165, 1.54) is 12.1 Å². The molecule has 1 amide bonds. The van der Waals surface area contributed by atoms with Crippen molar-refractivity contribution in [3.05, 3.63) is 84.4 Å². The van der Waals surface area contributed by atoms with Crippen LogP contribution < -0.4 is 5.32 Å². The van der Waals surface area contributed by atoms with E-state index >= 15 is 0 Å². The summed E-state index contributed by atoms with van der Waals surface area (Å²) in [7, 11) is -4.66. The van der Waals surface area contributed by atoms with E-state index in [0.29, 0.717) is 11.3 Å². The number of amides is 1. The number of sulfone groups is 1. The molecule has 0 heterocycles. The number of halogens is 2. The van der Waals surface area contributed by atoms with Crippen LogP contribution in [-0.2, 0) is 9.84 Å². The van der Waals surface area contributed by atoms with Crippen molar-refractivity contribution in [3.8, 4) is 11.1 Å². The second kappa shape index (κ2) is 7.67. The molecule has 1 N–H and O–H groups in total. The first-order valence-corrected chi connectivity index (χ1v) is 9.52. The molecule has 0 radical (unpaired) electrons. The highest BCUT2D eigenvalue weighted by molar-refractivity contribution is 7.91. The van der Waals surface area contributed by atoms with Gasteiger partial charge in [-0.3, -0.25) is 4.79 Å². The maximum Gasteiger partial charge on any atom is 0.341 e. The number of carbonyl (C=O) groups is 1. The Morgan fingerprint density at radius 1 is 0.815 bits per heavy atom. The molecule has 0 aromatic heterocycles. The monoisotopic (exact) mass is 387 g/mol. The highest BCUT2D eigenvalue weighted by atomic mass is 32.2. The number of hydrogen-bond acceptors (Lipinski definition) is 3. The quantitative estimate of drug-likeness (QED) is 0.696. The van der Waals surface area contributed by atoms with E-state index in [9.17, 15) is 22.0 Å². The molecular weight excluding hydrogens is 372 g/mol. The maximum atomic E-state index is 12.6. The fourth-order valence-electron chi connectivity index (χ4n) is 2.58. The number of benzene rings is 3. The lowest BCUT2D eigenvalue weighted by atomic mass is 9.99. The molecule has 3 aromatic carbocycles. The van der Waals surface area contributed by atoms with Crippen molar-refractivity contribution in [1.29, 1.82) is 0 Å². The highest BCUT2D eigenvalue weighted by Gasteiger charge is 2.26. The van der Waals surface area contributed by atoms with Crippen LogP contribution in [0.1, 0.15) is 10.4 Å². The summed E-state index contributed by atoms with van der Waals surface area (Å²) in [6, 6.07) is 21.1. The summed E-state index contributed by atoms with van der Waals surface area (Å²) >= 11 is 0. The number of anilines is 1. The van der Waals surface area contributed by atoms with Gasteiger partial charge >= 0.3 is 5.76 Å². The second-order valence-electron chi connectivity index (χ2n) is 5.70. The molecule has 138 valence electrons. The molecule has 0 aliphatic carbocycles. The van der Waals surface area contributed by atoms with Crippen molar-refractivity contribution in [2.75, 3.05) is 5.32 Å². The van der Waals surface area contributed by atoms with Gasteiger partial charge in [0.05, 0.1) is 4.90 Å². The number of hydrogen-bond donors (Lipinski definition) is 1. The van der Waals surface area contributed by atoms with Gasteiger partial charge in [-0.15, -0.1) is 0 Å². The summed E-state index contributed by atoms with van der Waals surface area (Å²) in [4.78, 5) is 12.1. The third-order valence-electron chi connectivity index (χ3n) is 3.93. The van der Waals surface area contributed by atoms with Gasteiger partial charge in [-0.25, -0.2) is 8.42 Å². The number of nitrogens with one attached hydrogen (secondary N) is 1. The third-order valence-corrected chi connectivity index (χ3v) is 5.33.